The molecule has 0 atom stereocenters. The van der Waals surface area contributed by atoms with Crippen LogP contribution in [0.15, 0.2) is 12.1 Å². The number of hydrogen-bond donors (Lipinski definition) is 0. The number of ether oxygens (including phenoxy) is 1. The van der Waals surface area contributed by atoms with Gasteiger partial charge in [0.25, 0.3) is 10.1 Å². The molecule has 0 unspecified atom stereocenters. The van der Waals surface area contributed by atoms with Gasteiger partial charge in [-0.2, -0.15) is 8.42 Å². The highest BCUT2D eigenvalue weighted by molar-refractivity contribution is 7.86. The molecule has 0 aliphatic carbocycles. The second-order valence-corrected chi connectivity index (χ2v) is 6.23. The minimum absolute atomic E-state index is 0.0947. The SMILES string of the molecule is Cc1nc(N2CC(OS(C)(=O)=O)C2)ccc1OC(F)(F)F. The van der Waals surface area contributed by atoms with Crippen LogP contribution in [0.4, 0.5) is 19.0 Å². The maximum absolute atomic E-state index is 12.1. The van der Waals surface area contributed by atoms with Crippen LogP contribution in [0.2, 0.25) is 0 Å². The zero-order chi connectivity index (χ0) is 15.8. The van der Waals surface area contributed by atoms with Crippen LogP contribution in [-0.4, -0.2) is 45.2 Å². The van der Waals surface area contributed by atoms with Crippen LogP contribution in [0.25, 0.3) is 0 Å². The van der Waals surface area contributed by atoms with E-state index in [0.717, 1.165) is 6.26 Å². The number of nitrogens with zero attached hydrogens (tertiary/aromatic N) is 2. The molecule has 0 amide bonds. The van der Waals surface area contributed by atoms with Gasteiger partial charge in [0.05, 0.1) is 11.9 Å². The molecule has 0 N–H and O–H groups in total. The molecule has 1 aromatic heterocycles. The summed E-state index contributed by atoms with van der Waals surface area (Å²) in [7, 11) is -3.52. The van der Waals surface area contributed by atoms with Crippen LogP contribution in [0, 0.1) is 6.92 Å². The number of anilines is 1. The van der Waals surface area contributed by atoms with Crippen LogP contribution in [0.3, 0.4) is 0 Å². The summed E-state index contributed by atoms with van der Waals surface area (Å²) in [6, 6.07) is 2.56. The van der Waals surface area contributed by atoms with Crippen LogP contribution in [0.5, 0.6) is 5.75 Å². The first-order valence-electron chi connectivity index (χ1n) is 5.90. The van der Waals surface area contributed by atoms with E-state index in [-0.39, 0.29) is 11.4 Å². The summed E-state index contributed by atoms with van der Waals surface area (Å²) in [6.07, 6.45) is -4.27. The van der Waals surface area contributed by atoms with Gasteiger partial charge in [-0.3, -0.25) is 4.18 Å². The molecule has 2 rings (SSSR count). The molecule has 0 saturated carbocycles. The van der Waals surface area contributed by atoms with Gasteiger partial charge in [-0.25, -0.2) is 4.98 Å². The number of aryl methyl sites for hydroxylation is 1. The van der Waals surface area contributed by atoms with Crippen molar-refractivity contribution in [3.05, 3.63) is 17.8 Å². The number of halogens is 3. The zero-order valence-corrected chi connectivity index (χ0v) is 12.0. The van der Waals surface area contributed by atoms with Gasteiger partial charge in [-0.05, 0) is 19.1 Å². The minimum Gasteiger partial charge on any atom is -0.404 e. The molecule has 1 fully saturated rings. The topological polar surface area (TPSA) is 68.7 Å². The van der Waals surface area contributed by atoms with Crippen molar-refractivity contribution < 1.29 is 30.5 Å². The minimum atomic E-state index is -4.76. The molecule has 1 aliphatic rings. The van der Waals surface area contributed by atoms with Gasteiger partial charge in [0, 0.05) is 13.1 Å². The maximum atomic E-state index is 12.1. The predicted molar refractivity (Wildman–Crippen MR) is 67.6 cm³/mol. The van der Waals surface area contributed by atoms with Crippen molar-refractivity contribution in [2.45, 2.75) is 19.4 Å². The molecule has 1 aliphatic heterocycles. The third-order valence-electron chi connectivity index (χ3n) is 2.73. The molecule has 2 heterocycles. The lowest BCUT2D eigenvalue weighted by Gasteiger charge is -2.39. The van der Waals surface area contributed by atoms with Crippen molar-refractivity contribution in [2.75, 3.05) is 24.2 Å². The normalized spacial score (nSPS) is 16.7. The summed E-state index contributed by atoms with van der Waals surface area (Å²) in [5.41, 5.74) is 0.0947. The van der Waals surface area contributed by atoms with Crippen LogP contribution < -0.4 is 9.64 Å². The van der Waals surface area contributed by atoms with Crippen molar-refractivity contribution in [2.24, 2.45) is 0 Å². The maximum Gasteiger partial charge on any atom is 0.573 e. The second-order valence-electron chi connectivity index (χ2n) is 4.63. The van der Waals surface area contributed by atoms with E-state index in [1.165, 1.54) is 19.1 Å². The number of aromatic nitrogens is 1. The van der Waals surface area contributed by atoms with Crippen LogP contribution in [-0.2, 0) is 14.3 Å². The Balaban J connectivity index is 1.99. The number of alkyl halides is 3. The van der Waals surface area contributed by atoms with E-state index in [1.807, 2.05) is 0 Å². The average molecular weight is 326 g/mol. The Kier molecular flexibility index (Phi) is 4.02. The molecule has 0 radical (unpaired) electrons. The van der Waals surface area contributed by atoms with Crippen molar-refractivity contribution >= 4 is 15.9 Å². The van der Waals surface area contributed by atoms with Gasteiger partial charge >= 0.3 is 6.36 Å². The van der Waals surface area contributed by atoms with Gasteiger partial charge in [-0.1, -0.05) is 0 Å². The lowest BCUT2D eigenvalue weighted by molar-refractivity contribution is -0.275. The highest BCUT2D eigenvalue weighted by Crippen LogP contribution is 2.28. The highest BCUT2D eigenvalue weighted by atomic mass is 32.2. The Bertz CT molecular complexity index is 627. The summed E-state index contributed by atoms with van der Waals surface area (Å²) < 4.78 is 66.9. The Morgan fingerprint density at radius 2 is 1.95 bits per heavy atom. The van der Waals surface area contributed by atoms with E-state index in [0.29, 0.717) is 18.9 Å². The van der Waals surface area contributed by atoms with Crippen LogP contribution >= 0.6 is 0 Å². The third kappa shape index (κ3) is 4.46. The summed E-state index contributed by atoms with van der Waals surface area (Å²) in [6.45, 7) is 2.01. The molecule has 10 heteroatoms. The predicted octanol–water partition coefficient (Wildman–Crippen LogP) is 1.45. The van der Waals surface area contributed by atoms with Crippen molar-refractivity contribution in [3.8, 4) is 5.75 Å². The Hall–Kier alpha value is -1.55. The van der Waals surface area contributed by atoms with E-state index in [9.17, 15) is 21.6 Å². The number of hydrogen-bond acceptors (Lipinski definition) is 6. The lowest BCUT2D eigenvalue weighted by Crippen LogP contribution is -2.53. The largest absolute Gasteiger partial charge is 0.573 e. The van der Waals surface area contributed by atoms with Gasteiger partial charge in [0.15, 0.2) is 5.75 Å². The summed E-state index contributed by atoms with van der Waals surface area (Å²) in [5, 5.41) is 0. The third-order valence-corrected chi connectivity index (χ3v) is 3.35. The smallest absolute Gasteiger partial charge is 0.404 e. The molecule has 6 nitrogen and oxygen atoms in total. The van der Waals surface area contributed by atoms with Crippen molar-refractivity contribution in [3.63, 3.8) is 0 Å². The second kappa shape index (κ2) is 5.34. The average Bonchev–Trinajstić information content (AvgIpc) is 2.23. The Labute approximate surface area is 119 Å². The van der Waals surface area contributed by atoms with Gasteiger partial charge < -0.3 is 9.64 Å². The van der Waals surface area contributed by atoms with Gasteiger partial charge in [0.1, 0.15) is 11.9 Å². The first-order chi connectivity index (χ1) is 9.53. The van der Waals surface area contributed by atoms with Gasteiger partial charge in [0.2, 0.25) is 0 Å². The standard InChI is InChI=1S/C11H13F3N2O4S/c1-7-9(19-11(12,13)14)3-4-10(15-7)16-5-8(6-16)20-21(2,17)18/h3-4,8H,5-6H2,1-2H3. The fraction of sp³-hybridized carbons (Fsp3) is 0.545. The Morgan fingerprint density at radius 1 is 1.33 bits per heavy atom. The lowest BCUT2D eigenvalue weighted by atomic mass is 10.1. The monoisotopic (exact) mass is 326 g/mol. The molecular formula is C11H13F3N2O4S. The zero-order valence-electron chi connectivity index (χ0n) is 11.2. The highest BCUT2D eigenvalue weighted by Gasteiger charge is 2.34. The molecule has 0 aromatic carbocycles. The molecule has 21 heavy (non-hydrogen) atoms. The first-order valence-corrected chi connectivity index (χ1v) is 7.72. The Morgan fingerprint density at radius 3 is 2.43 bits per heavy atom. The fourth-order valence-electron chi connectivity index (χ4n) is 1.88. The molecule has 118 valence electrons. The summed E-state index contributed by atoms with van der Waals surface area (Å²) >= 11 is 0. The van der Waals surface area contributed by atoms with E-state index in [2.05, 4.69) is 9.72 Å². The summed E-state index contributed by atoms with van der Waals surface area (Å²) in [5.74, 6) is 0.0751. The summed E-state index contributed by atoms with van der Waals surface area (Å²) in [4.78, 5) is 5.70. The molecule has 0 bridgehead atoms. The van der Waals surface area contributed by atoms with E-state index in [4.69, 9.17) is 4.18 Å². The number of pyridine rings is 1. The van der Waals surface area contributed by atoms with E-state index < -0.39 is 22.6 Å². The molecule has 1 aromatic rings. The van der Waals surface area contributed by atoms with Crippen molar-refractivity contribution in [1.29, 1.82) is 0 Å². The van der Waals surface area contributed by atoms with E-state index in [1.54, 1.807) is 4.90 Å². The van der Waals surface area contributed by atoms with E-state index >= 15 is 0 Å². The van der Waals surface area contributed by atoms with Gasteiger partial charge in [-0.15, -0.1) is 13.2 Å². The quantitative estimate of drug-likeness (QED) is 0.780. The fourth-order valence-corrected chi connectivity index (χ4v) is 2.49. The molecular weight excluding hydrogens is 313 g/mol. The van der Waals surface area contributed by atoms with Crippen LogP contribution in [0.1, 0.15) is 5.69 Å². The molecule has 0 spiro atoms. The molecule has 1 saturated heterocycles. The number of rotatable bonds is 4. The first kappa shape index (κ1) is 15.8. The van der Waals surface area contributed by atoms with Crippen molar-refractivity contribution in [1.82, 2.24) is 4.98 Å².